The third-order valence-corrected chi connectivity index (χ3v) is 5.30. The highest BCUT2D eigenvalue weighted by molar-refractivity contribution is 6.09. The summed E-state index contributed by atoms with van der Waals surface area (Å²) in [6.07, 6.45) is 0.303. The van der Waals surface area contributed by atoms with E-state index in [-0.39, 0.29) is 18.4 Å². The van der Waals surface area contributed by atoms with Crippen LogP contribution in [0.1, 0.15) is 31.9 Å². The molecule has 1 aromatic carbocycles. The molecular formula is C18H21FN2O4. The van der Waals surface area contributed by atoms with Crippen LogP contribution in [0.3, 0.4) is 0 Å². The second kappa shape index (κ2) is 6.22. The van der Waals surface area contributed by atoms with Crippen LogP contribution in [-0.2, 0) is 19.1 Å². The number of hydrogen-bond acceptors (Lipinski definition) is 5. The lowest BCUT2D eigenvalue weighted by Crippen LogP contribution is -2.55. The Kier molecular flexibility index (Phi) is 4.36. The van der Waals surface area contributed by atoms with Gasteiger partial charge in [-0.1, -0.05) is 19.1 Å². The number of imide groups is 1. The third-order valence-electron chi connectivity index (χ3n) is 5.30. The molecule has 0 unspecified atom stereocenters. The summed E-state index contributed by atoms with van der Waals surface area (Å²) in [7, 11) is 1.43. The Labute approximate surface area is 145 Å². The molecule has 0 aliphatic carbocycles. The predicted molar refractivity (Wildman–Crippen MR) is 86.7 cm³/mol. The smallest absolute Gasteiger partial charge is 0.327 e. The van der Waals surface area contributed by atoms with Crippen LogP contribution in [0.25, 0.3) is 0 Å². The van der Waals surface area contributed by atoms with Crippen LogP contribution >= 0.6 is 0 Å². The number of hydrogen-bond donors (Lipinski definition) is 1. The molecule has 0 bridgehead atoms. The van der Waals surface area contributed by atoms with E-state index < -0.39 is 35.2 Å². The minimum Gasteiger partial charge on any atom is -0.465 e. The lowest BCUT2D eigenvalue weighted by atomic mass is 9.78. The van der Waals surface area contributed by atoms with Gasteiger partial charge in [-0.15, -0.1) is 0 Å². The van der Waals surface area contributed by atoms with Crippen molar-refractivity contribution in [3.8, 4) is 0 Å². The number of esters is 1. The van der Waals surface area contributed by atoms with Crippen LogP contribution < -0.4 is 5.32 Å². The molecule has 4 atom stereocenters. The molecule has 2 aliphatic heterocycles. The Morgan fingerprint density at radius 1 is 1.24 bits per heavy atom. The van der Waals surface area contributed by atoms with Gasteiger partial charge in [0.1, 0.15) is 11.4 Å². The summed E-state index contributed by atoms with van der Waals surface area (Å²) in [5.74, 6) is -3.19. The predicted octanol–water partition coefficient (Wildman–Crippen LogP) is 1.41. The van der Waals surface area contributed by atoms with Gasteiger partial charge in [0.05, 0.1) is 18.4 Å². The van der Waals surface area contributed by atoms with Gasteiger partial charge in [0, 0.05) is 13.1 Å². The van der Waals surface area contributed by atoms with Crippen LogP contribution in [0, 0.1) is 17.7 Å². The number of nitrogens with one attached hydrogen (secondary N) is 1. The van der Waals surface area contributed by atoms with E-state index >= 15 is 0 Å². The zero-order valence-electron chi connectivity index (χ0n) is 14.4. The van der Waals surface area contributed by atoms with Crippen molar-refractivity contribution in [1.29, 1.82) is 0 Å². The average Bonchev–Trinajstić information content (AvgIpc) is 3.06. The van der Waals surface area contributed by atoms with E-state index in [1.807, 2.05) is 0 Å². The molecule has 3 rings (SSSR count). The van der Waals surface area contributed by atoms with Gasteiger partial charge in [-0.3, -0.25) is 24.6 Å². The Hall–Kier alpha value is -2.28. The Bertz CT molecular complexity index is 720. The summed E-state index contributed by atoms with van der Waals surface area (Å²) in [4.78, 5) is 39.2. The fraction of sp³-hybridized carbons (Fsp3) is 0.500. The maximum absolute atomic E-state index is 13.3. The van der Waals surface area contributed by atoms with E-state index in [0.717, 1.165) is 4.90 Å². The molecule has 1 N–H and O–H groups in total. The number of ether oxygens (including phenoxy) is 1. The zero-order valence-corrected chi connectivity index (χ0v) is 14.4. The van der Waals surface area contributed by atoms with Crippen LogP contribution in [0.5, 0.6) is 0 Å². The number of fused-ring (bicyclic) bond motifs is 1. The van der Waals surface area contributed by atoms with E-state index in [4.69, 9.17) is 4.74 Å². The number of nitrogens with zero attached hydrogens (tertiary/aromatic N) is 1. The van der Waals surface area contributed by atoms with E-state index in [9.17, 15) is 18.8 Å². The summed E-state index contributed by atoms with van der Waals surface area (Å²) < 4.78 is 18.5. The lowest BCUT2D eigenvalue weighted by Gasteiger charge is -2.31. The summed E-state index contributed by atoms with van der Waals surface area (Å²) in [5.41, 5.74) is -0.607. The van der Waals surface area contributed by atoms with Gasteiger partial charge in [0.2, 0.25) is 11.8 Å². The number of likely N-dealkylation sites (tertiary alicyclic amines) is 1. The van der Waals surface area contributed by atoms with E-state index in [0.29, 0.717) is 12.0 Å². The van der Waals surface area contributed by atoms with Crippen molar-refractivity contribution in [2.75, 3.05) is 13.7 Å². The maximum Gasteiger partial charge on any atom is 0.327 e. The van der Waals surface area contributed by atoms with Crippen molar-refractivity contribution in [3.05, 3.63) is 35.6 Å². The summed E-state index contributed by atoms with van der Waals surface area (Å²) in [5, 5.41) is 3.19. The van der Waals surface area contributed by atoms with Crippen LogP contribution in [-0.4, -0.2) is 41.9 Å². The van der Waals surface area contributed by atoms with Gasteiger partial charge < -0.3 is 4.74 Å². The molecule has 2 heterocycles. The van der Waals surface area contributed by atoms with Crippen molar-refractivity contribution < 1.29 is 23.5 Å². The van der Waals surface area contributed by atoms with Crippen LogP contribution in [0.15, 0.2) is 24.3 Å². The highest BCUT2D eigenvalue weighted by atomic mass is 19.1. The highest BCUT2D eigenvalue weighted by Gasteiger charge is 2.67. The fourth-order valence-corrected chi connectivity index (χ4v) is 4.02. The third kappa shape index (κ3) is 2.45. The Morgan fingerprint density at radius 2 is 1.88 bits per heavy atom. The summed E-state index contributed by atoms with van der Waals surface area (Å²) in [6, 6.07) is 5.17. The molecule has 25 heavy (non-hydrogen) atoms. The minimum absolute atomic E-state index is 0.179. The number of halogens is 1. The molecule has 2 saturated heterocycles. The number of amides is 2. The van der Waals surface area contributed by atoms with Gasteiger partial charge >= 0.3 is 5.97 Å². The molecule has 2 fully saturated rings. The molecule has 6 nitrogen and oxygen atoms in total. The highest BCUT2D eigenvalue weighted by Crippen LogP contribution is 2.50. The molecule has 0 spiro atoms. The second-order valence-corrected chi connectivity index (χ2v) is 6.46. The summed E-state index contributed by atoms with van der Waals surface area (Å²) >= 11 is 0. The minimum atomic E-state index is -1.27. The first kappa shape index (κ1) is 17.5. The van der Waals surface area contributed by atoms with Crippen molar-refractivity contribution in [1.82, 2.24) is 10.2 Å². The van der Waals surface area contributed by atoms with Crippen molar-refractivity contribution in [2.24, 2.45) is 11.8 Å². The largest absolute Gasteiger partial charge is 0.465 e. The van der Waals surface area contributed by atoms with E-state index in [2.05, 4.69) is 5.32 Å². The van der Waals surface area contributed by atoms with Crippen LogP contribution in [0.2, 0.25) is 0 Å². The number of carbonyl (C=O) groups excluding carboxylic acids is 3. The quantitative estimate of drug-likeness (QED) is 0.658. The van der Waals surface area contributed by atoms with Gasteiger partial charge in [-0.25, -0.2) is 4.39 Å². The lowest BCUT2D eigenvalue weighted by molar-refractivity contribution is -0.156. The normalized spacial score (nSPS) is 31.4. The molecule has 0 saturated carbocycles. The number of benzene rings is 1. The van der Waals surface area contributed by atoms with Gasteiger partial charge in [-0.2, -0.15) is 0 Å². The molecule has 134 valence electrons. The first-order valence-corrected chi connectivity index (χ1v) is 8.39. The summed E-state index contributed by atoms with van der Waals surface area (Å²) in [6.45, 7) is 3.65. The van der Waals surface area contributed by atoms with E-state index in [1.54, 1.807) is 26.0 Å². The van der Waals surface area contributed by atoms with Crippen molar-refractivity contribution in [3.63, 3.8) is 0 Å². The van der Waals surface area contributed by atoms with Gasteiger partial charge in [0.25, 0.3) is 0 Å². The zero-order chi connectivity index (χ0) is 18.4. The van der Waals surface area contributed by atoms with Crippen LogP contribution in [0.4, 0.5) is 4.39 Å². The topological polar surface area (TPSA) is 75.7 Å². The standard InChI is InChI=1S/C18H21FN2O4/c1-4-18(17(24)25-5-2)13-12(15(22)21(3)16(13)23)14(20-18)10-6-8-11(19)9-7-10/h6-9,12-14,20H,4-5H2,1-3H3/t12-,13-,14-,18-/m0/s1. The SMILES string of the molecule is CCOC(=O)[C@@]1(CC)N[C@@H](c2ccc(F)cc2)[C@H]2C(=O)N(C)C(=O)[C@H]21. The number of carbonyl (C=O) groups is 3. The first-order valence-electron chi connectivity index (χ1n) is 8.39. The molecule has 1 aromatic rings. The molecule has 7 heteroatoms. The molecular weight excluding hydrogens is 327 g/mol. The first-order chi connectivity index (χ1) is 11.9. The monoisotopic (exact) mass is 348 g/mol. The Morgan fingerprint density at radius 3 is 2.44 bits per heavy atom. The maximum atomic E-state index is 13.3. The van der Waals surface area contributed by atoms with E-state index in [1.165, 1.54) is 19.2 Å². The molecule has 2 amide bonds. The molecule has 2 aliphatic rings. The van der Waals surface area contributed by atoms with Gasteiger partial charge in [-0.05, 0) is 31.0 Å². The average molecular weight is 348 g/mol. The molecule has 0 aromatic heterocycles. The molecule has 0 radical (unpaired) electrons. The van der Waals surface area contributed by atoms with Gasteiger partial charge in [0.15, 0.2) is 0 Å². The Balaban J connectivity index is 2.10. The second-order valence-electron chi connectivity index (χ2n) is 6.46. The van der Waals surface area contributed by atoms with Crippen molar-refractivity contribution >= 4 is 17.8 Å². The van der Waals surface area contributed by atoms with Crippen molar-refractivity contribution in [2.45, 2.75) is 31.8 Å². The fourth-order valence-electron chi connectivity index (χ4n) is 4.02. The number of rotatable bonds is 4.